The third-order valence-corrected chi connectivity index (χ3v) is 2.07. The summed E-state index contributed by atoms with van der Waals surface area (Å²) in [6.07, 6.45) is 0.780. The number of hydrogen-bond acceptors (Lipinski definition) is 2. The molecule has 0 amide bonds. The lowest BCUT2D eigenvalue weighted by atomic mass is 10.2. The predicted molar refractivity (Wildman–Crippen MR) is 53.8 cm³/mol. The zero-order valence-corrected chi connectivity index (χ0v) is 8.59. The van der Waals surface area contributed by atoms with Gasteiger partial charge in [-0.1, -0.05) is 11.6 Å². The van der Waals surface area contributed by atoms with Crippen LogP contribution in [0.5, 0.6) is 0 Å². The van der Waals surface area contributed by atoms with E-state index in [2.05, 4.69) is 0 Å². The van der Waals surface area contributed by atoms with Crippen LogP contribution in [0.3, 0.4) is 0 Å². The van der Waals surface area contributed by atoms with Gasteiger partial charge >= 0.3 is 0 Å². The minimum Gasteiger partial charge on any atom is -0.302 e. The molecular weight excluding hydrogens is 205 g/mol. The highest BCUT2D eigenvalue weighted by Crippen LogP contribution is 2.15. The monoisotopic (exact) mass is 215 g/mol. The number of halogens is 2. The van der Waals surface area contributed by atoms with Gasteiger partial charge in [0.2, 0.25) is 0 Å². The first-order valence-electron chi connectivity index (χ1n) is 4.19. The lowest BCUT2D eigenvalue weighted by molar-refractivity contribution is -0.108. The van der Waals surface area contributed by atoms with E-state index in [0.717, 1.165) is 6.29 Å². The number of hydrogen-bond donors (Lipinski definition) is 0. The van der Waals surface area contributed by atoms with Gasteiger partial charge in [0.15, 0.2) is 0 Å². The molecule has 0 aliphatic carbocycles. The van der Waals surface area contributed by atoms with Crippen LogP contribution in [0.1, 0.15) is 5.56 Å². The number of benzene rings is 1. The van der Waals surface area contributed by atoms with Gasteiger partial charge in [-0.3, -0.25) is 4.90 Å². The number of carbonyl (C=O) groups excluding carboxylic acids is 1. The number of nitrogens with zero attached hydrogens (tertiary/aromatic N) is 1. The molecule has 0 aromatic heterocycles. The lowest BCUT2D eigenvalue weighted by Crippen LogP contribution is -2.20. The summed E-state index contributed by atoms with van der Waals surface area (Å²) in [6, 6.07) is 4.39. The molecule has 4 heteroatoms. The Morgan fingerprint density at radius 2 is 2.29 bits per heavy atom. The minimum absolute atomic E-state index is 0.284. The smallest absolute Gasteiger partial charge is 0.133 e. The molecule has 1 aromatic rings. The molecule has 0 saturated carbocycles. The van der Waals surface area contributed by atoms with Gasteiger partial charge < -0.3 is 4.79 Å². The van der Waals surface area contributed by atoms with Crippen molar-refractivity contribution in [2.24, 2.45) is 0 Å². The van der Waals surface area contributed by atoms with Crippen molar-refractivity contribution in [1.29, 1.82) is 0 Å². The molecule has 0 bridgehead atoms. The summed E-state index contributed by atoms with van der Waals surface area (Å²) in [5, 5.41) is 0.501. The molecule has 1 aromatic carbocycles. The van der Waals surface area contributed by atoms with E-state index in [1.165, 1.54) is 12.1 Å². The second kappa shape index (κ2) is 5.08. The first-order valence-corrected chi connectivity index (χ1v) is 4.57. The second-order valence-corrected chi connectivity index (χ2v) is 3.54. The Hall–Kier alpha value is -0.930. The molecule has 0 unspecified atom stereocenters. The van der Waals surface area contributed by atoms with E-state index >= 15 is 0 Å². The van der Waals surface area contributed by atoms with Crippen LogP contribution in [0.2, 0.25) is 5.02 Å². The van der Waals surface area contributed by atoms with Gasteiger partial charge in [0.05, 0.1) is 6.54 Å². The van der Waals surface area contributed by atoms with Crippen LogP contribution in [0, 0.1) is 5.82 Å². The molecular formula is C10H11ClFNO. The molecule has 14 heavy (non-hydrogen) atoms. The zero-order valence-electron chi connectivity index (χ0n) is 7.84. The highest BCUT2D eigenvalue weighted by Gasteiger charge is 2.05. The van der Waals surface area contributed by atoms with Gasteiger partial charge in [-0.2, -0.15) is 0 Å². The molecule has 0 saturated heterocycles. The van der Waals surface area contributed by atoms with Crippen molar-refractivity contribution in [2.45, 2.75) is 6.54 Å². The topological polar surface area (TPSA) is 20.3 Å². The maximum Gasteiger partial charge on any atom is 0.133 e. The quantitative estimate of drug-likeness (QED) is 0.717. The summed E-state index contributed by atoms with van der Waals surface area (Å²) < 4.78 is 13.2. The third kappa shape index (κ3) is 3.09. The summed E-state index contributed by atoms with van der Waals surface area (Å²) in [5.74, 6) is -0.299. The van der Waals surface area contributed by atoms with E-state index in [-0.39, 0.29) is 12.4 Å². The molecule has 0 fully saturated rings. The molecule has 0 aliphatic rings. The maximum absolute atomic E-state index is 13.2. The van der Waals surface area contributed by atoms with Crippen molar-refractivity contribution >= 4 is 17.9 Å². The summed E-state index contributed by atoms with van der Waals surface area (Å²) in [4.78, 5) is 11.9. The normalized spacial score (nSPS) is 10.6. The number of aldehydes is 1. The Morgan fingerprint density at radius 3 is 2.93 bits per heavy atom. The van der Waals surface area contributed by atoms with Crippen molar-refractivity contribution in [2.75, 3.05) is 13.6 Å². The number of rotatable bonds is 4. The SMILES string of the molecule is CN(CC=O)Cc1cc(Cl)ccc1F. The van der Waals surface area contributed by atoms with E-state index in [0.29, 0.717) is 17.1 Å². The highest BCUT2D eigenvalue weighted by molar-refractivity contribution is 6.30. The maximum atomic E-state index is 13.2. The van der Waals surface area contributed by atoms with Crippen LogP contribution in [0.4, 0.5) is 4.39 Å². The zero-order chi connectivity index (χ0) is 10.6. The van der Waals surface area contributed by atoms with Gasteiger partial charge in [-0.25, -0.2) is 4.39 Å². The molecule has 1 rings (SSSR count). The Morgan fingerprint density at radius 1 is 1.57 bits per heavy atom. The highest BCUT2D eigenvalue weighted by atomic mass is 35.5. The van der Waals surface area contributed by atoms with Crippen LogP contribution >= 0.6 is 11.6 Å². The largest absolute Gasteiger partial charge is 0.302 e. The van der Waals surface area contributed by atoms with E-state index in [1.54, 1.807) is 18.0 Å². The fraction of sp³-hybridized carbons (Fsp3) is 0.300. The summed E-state index contributed by atoms with van der Waals surface area (Å²) in [7, 11) is 1.74. The second-order valence-electron chi connectivity index (χ2n) is 3.10. The van der Waals surface area contributed by atoms with Gasteiger partial charge in [0.25, 0.3) is 0 Å². The average Bonchev–Trinajstić information content (AvgIpc) is 2.12. The lowest BCUT2D eigenvalue weighted by Gasteiger charge is -2.13. The first kappa shape index (κ1) is 11.1. The van der Waals surface area contributed by atoms with E-state index in [1.807, 2.05) is 0 Å². The molecule has 0 radical (unpaired) electrons. The molecule has 0 spiro atoms. The fourth-order valence-electron chi connectivity index (χ4n) is 1.15. The van der Waals surface area contributed by atoms with Crippen molar-refractivity contribution in [1.82, 2.24) is 4.90 Å². The Labute approximate surface area is 87.3 Å². The Bertz CT molecular complexity index is 330. The van der Waals surface area contributed by atoms with Gasteiger partial charge in [0.1, 0.15) is 12.1 Å². The molecule has 0 heterocycles. The van der Waals surface area contributed by atoms with Gasteiger partial charge in [-0.15, -0.1) is 0 Å². The van der Waals surface area contributed by atoms with Crippen LogP contribution in [-0.2, 0) is 11.3 Å². The predicted octanol–water partition coefficient (Wildman–Crippen LogP) is 2.11. The average molecular weight is 216 g/mol. The van der Waals surface area contributed by atoms with Gasteiger partial charge in [-0.05, 0) is 25.2 Å². The van der Waals surface area contributed by atoms with E-state index in [4.69, 9.17) is 11.6 Å². The Kier molecular flexibility index (Phi) is 4.04. The number of carbonyl (C=O) groups is 1. The standard InChI is InChI=1S/C10H11ClFNO/c1-13(4-5-14)7-8-6-9(11)2-3-10(8)12/h2-3,5-6H,4,7H2,1H3. The molecule has 76 valence electrons. The van der Waals surface area contributed by atoms with E-state index in [9.17, 15) is 9.18 Å². The first-order chi connectivity index (χ1) is 6.63. The molecule has 0 N–H and O–H groups in total. The summed E-state index contributed by atoms with van der Waals surface area (Å²) >= 11 is 5.72. The van der Waals surface area contributed by atoms with Crippen molar-refractivity contribution < 1.29 is 9.18 Å². The summed E-state index contributed by atoms with van der Waals surface area (Å²) in [6.45, 7) is 0.664. The van der Waals surface area contributed by atoms with Crippen LogP contribution in [0.15, 0.2) is 18.2 Å². The Balaban J connectivity index is 2.74. The molecule has 2 nitrogen and oxygen atoms in total. The third-order valence-electron chi connectivity index (χ3n) is 1.83. The summed E-state index contributed by atoms with van der Waals surface area (Å²) in [5.41, 5.74) is 0.502. The van der Waals surface area contributed by atoms with Crippen molar-refractivity contribution in [3.63, 3.8) is 0 Å². The molecule has 0 atom stereocenters. The fourth-order valence-corrected chi connectivity index (χ4v) is 1.34. The van der Waals surface area contributed by atoms with Crippen LogP contribution < -0.4 is 0 Å². The van der Waals surface area contributed by atoms with Crippen molar-refractivity contribution in [3.8, 4) is 0 Å². The number of likely N-dealkylation sites (N-methyl/N-ethyl adjacent to an activating group) is 1. The van der Waals surface area contributed by atoms with Crippen LogP contribution in [-0.4, -0.2) is 24.8 Å². The molecule has 0 aliphatic heterocycles. The van der Waals surface area contributed by atoms with E-state index < -0.39 is 0 Å². The van der Waals surface area contributed by atoms with Crippen molar-refractivity contribution in [3.05, 3.63) is 34.6 Å². The van der Waals surface area contributed by atoms with Gasteiger partial charge in [0, 0.05) is 17.1 Å². The minimum atomic E-state index is -0.299. The van der Waals surface area contributed by atoms with Crippen LogP contribution in [0.25, 0.3) is 0 Å².